The molecule has 0 bridgehead atoms. The van der Waals surface area contributed by atoms with Gasteiger partial charge in [0.15, 0.2) is 0 Å². The van der Waals surface area contributed by atoms with Crippen LogP contribution < -0.4 is 5.32 Å². The largest absolute Gasteiger partial charge is 0.309 e. The van der Waals surface area contributed by atoms with Gasteiger partial charge in [-0.15, -0.1) is 12.4 Å². The predicted molar refractivity (Wildman–Crippen MR) is 46.1 cm³/mol. The fraction of sp³-hybridized carbons (Fsp3) is 0.571. The van der Waals surface area contributed by atoms with E-state index < -0.39 is 6.43 Å². The van der Waals surface area contributed by atoms with Gasteiger partial charge in [-0.25, -0.2) is 8.78 Å². The van der Waals surface area contributed by atoms with Crippen LogP contribution >= 0.6 is 12.4 Å². The molecule has 1 aromatic heterocycles. The average Bonchev–Trinajstić information content (AvgIpc) is 2.47. The predicted octanol–water partition coefficient (Wildman–Crippen LogP) is 1.35. The number of alkyl halides is 2. The van der Waals surface area contributed by atoms with Crippen molar-refractivity contribution >= 4 is 12.4 Å². The Kier molecular flexibility index (Phi) is 3.22. The molecule has 0 spiro atoms. The quantitative estimate of drug-likeness (QED) is 0.757. The Labute approximate surface area is 80.5 Å². The van der Waals surface area contributed by atoms with Crippen LogP contribution in [0.2, 0.25) is 0 Å². The topological polar surface area (TPSA) is 29.9 Å². The summed E-state index contributed by atoms with van der Waals surface area (Å²) in [7, 11) is 0. The zero-order chi connectivity index (χ0) is 8.55. The number of aromatic nitrogens is 2. The minimum Gasteiger partial charge on any atom is -0.309 e. The highest BCUT2D eigenvalue weighted by Gasteiger charge is 2.19. The maximum Gasteiger partial charge on any atom is 0.267 e. The summed E-state index contributed by atoms with van der Waals surface area (Å²) in [6.45, 7) is 1.99. The Balaban J connectivity index is 0.000000845. The van der Waals surface area contributed by atoms with Gasteiger partial charge < -0.3 is 5.32 Å². The van der Waals surface area contributed by atoms with E-state index in [-0.39, 0.29) is 18.0 Å². The summed E-state index contributed by atoms with van der Waals surface area (Å²) in [6.07, 6.45) is -1.15. The Morgan fingerprint density at radius 3 is 3.00 bits per heavy atom. The van der Waals surface area contributed by atoms with Crippen LogP contribution in [0.5, 0.6) is 0 Å². The maximum atomic E-state index is 12.3. The lowest BCUT2D eigenvalue weighted by molar-refractivity contribution is 0.149. The highest BCUT2D eigenvalue weighted by Crippen LogP contribution is 2.23. The zero-order valence-corrected chi connectivity index (χ0v) is 7.65. The van der Waals surface area contributed by atoms with Gasteiger partial charge in [-0.1, -0.05) is 0 Å². The molecule has 74 valence electrons. The van der Waals surface area contributed by atoms with Crippen LogP contribution in [0.25, 0.3) is 0 Å². The Bertz CT molecular complexity index is 287. The number of rotatable bonds is 1. The first kappa shape index (κ1) is 10.4. The minimum atomic E-state index is -2.41. The molecule has 0 amide bonds. The van der Waals surface area contributed by atoms with E-state index in [1.54, 1.807) is 4.68 Å². The molecule has 1 aliphatic heterocycles. The number of hydrogen-bond acceptors (Lipinski definition) is 2. The number of nitrogens with one attached hydrogen (secondary N) is 1. The van der Waals surface area contributed by atoms with Crippen molar-refractivity contribution in [1.82, 2.24) is 15.1 Å². The second kappa shape index (κ2) is 4.02. The molecule has 1 aliphatic rings. The van der Waals surface area contributed by atoms with E-state index in [0.717, 1.165) is 6.54 Å². The first-order chi connectivity index (χ1) is 5.79. The Hall–Kier alpha value is -0.680. The van der Waals surface area contributed by atoms with Crippen LogP contribution in [-0.4, -0.2) is 16.3 Å². The van der Waals surface area contributed by atoms with Crippen LogP contribution in [-0.2, 0) is 13.1 Å². The first-order valence-corrected chi connectivity index (χ1v) is 3.82. The molecule has 0 saturated carbocycles. The van der Waals surface area contributed by atoms with E-state index in [0.29, 0.717) is 18.8 Å². The van der Waals surface area contributed by atoms with Crippen molar-refractivity contribution in [3.8, 4) is 0 Å². The third kappa shape index (κ3) is 1.81. The normalized spacial score (nSPS) is 15.3. The number of hydrogen-bond donors (Lipinski definition) is 1. The molecular formula is C7H10ClF2N3. The maximum absolute atomic E-state index is 12.3. The van der Waals surface area contributed by atoms with Crippen LogP contribution in [0, 0.1) is 0 Å². The molecule has 0 saturated heterocycles. The molecule has 0 aliphatic carbocycles. The van der Waals surface area contributed by atoms with Crippen LogP contribution in [0.3, 0.4) is 0 Å². The fourth-order valence-electron chi connectivity index (χ4n) is 1.39. The van der Waals surface area contributed by atoms with E-state index in [1.807, 2.05) is 0 Å². The van der Waals surface area contributed by atoms with E-state index in [9.17, 15) is 8.78 Å². The summed E-state index contributed by atoms with van der Waals surface area (Å²) in [5, 5.41) is 6.90. The molecule has 0 aromatic carbocycles. The van der Waals surface area contributed by atoms with Gasteiger partial charge in [0, 0.05) is 13.1 Å². The van der Waals surface area contributed by atoms with Gasteiger partial charge in [0.25, 0.3) is 6.43 Å². The van der Waals surface area contributed by atoms with Gasteiger partial charge in [0.2, 0.25) is 0 Å². The van der Waals surface area contributed by atoms with E-state index in [4.69, 9.17) is 0 Å². The molecule has 3 nitrogen and oxygen atoms in total. The second-order valence-electron chi connectivity index (χ2n) is 2.75. The van der Waals surface area contributed by atoms with Gasteiger partial charge >= 0.3 is 0 Å². The van der Waals surface area contributed by atoms with Crippen molar-refractivity contribution in [3.63, 3.8) is 0 Å². The van der Waals surface area contributed by atoms with Crippen molar-refractivity contribution in [2.75, 3.05) is 6.54 Å². The standard InChI is InChI=1S/C7H9F2N3.ClH/c8-7(9)5-3-11-12-2-1-10-4-6(5)12;/h3,7,10H,1-2,4H2;1H. The van der Waals surface area contributed by atoms with Crippen molar-refractivity contribution in [3.05, 3.63) is 17.5 Å². The molecule has 1 N–H and O–H groups in total. The highest BCUT2D eigenvalue weighted by atomic mass is 35.5. The van der Waals surface area contributed by atoms with Crippen molar-refractivity contribution in [2.24, 2.45) is 0 Å². The third-order valence-corrected chi connectivity index (χ3v) is 2.01. The summed E-state index contributed by atoms with van der Waals surface area (Å²) in [5.41, 5.74) is 0.679. The molecule has 0 radical (unpaired) electrons. The number of halogens is 3. The summed E-state index contributed by atoms with van der Waals surface area (Å²) >= 11 is 0. The number of nitrogens with zero attached hydrogens (tertiary/aromatic N) is 2. The van der Waals surface area contributed by atoms with Gasteiger partial charge in [0.05, 0.1) is 24.0 Å². The Morgan fingerprint density at radius 1 is 1.54 bits per heavy atom. The summed E-state index contributed by atoms with van der Waals surface area (Å²) < 4.78 is 26.3. The monoisotopic (exact) mass is 209 g/mol. The molecule has 2 rings (SSSR count). The average molecular weight is 210 g/mol. The molecule has 0 atom stereocenters. The van der Waals surface area contributed by atoms with Crippen LogP contribution in [0.4, 0.5) is 8.78 Å². The molecule has 0 unspecified atom stereocenters. The zero-order valence-electron chi connectivity index (χ0n) is 6.83. The molecule has 1 aromatic rings. The fourth-order valence-corrected chi connectivity index (χ4v) is 1.39. The lowest BCUT2D eigenvalue weighted by atomic mass is 10.2. The lowest BCUT2D eigenvalue weighted by Gasteiger charge is -2.15. The van der Waals surface area contributed by atoms with Crippen molar-refractivity contribution < 1.29 is 8.78 Å². The van der Waals surface area contributed by atoms with Gasteiger partial charge in [-0.3, -0.25) is 4.68 Å². The molecule has 13 heavy (non-hydrogen) atoms. The summed E-state index contributed by atoms with van der Waals surface area (Å²) in [4.78, 5) is 0. The van der Waals surface area contributed by atoms with Gasteiger partial charge in [0.1, 0.15) is 0 Å². The van der Waals surface area contributed by atoms with E-state index in [1.165, 1.54) is 6.20 Å². The lowest BCUT2D eigenvalue weighted by Crippen LogP contribution is -2.29. The smallest absolute Gasteiger partial charge is 0.267 e. The van der Waals surface area contributed by atoms with Crippen molar-refractivity contribution in [2.45, 2.75) is 19.5 Å². The Morgan fingerprint density at radius 2 is 2.31 bits per heavy atom. The molecule has 0 fully saturated rings. The summed E-state index contributed by atoms with van der Waals surface area (Å²) in [5.74, 6) is 0. The van der Waals surface area contributed by atoms with E-state index in [2.05, 4.69) is 10.4 Å². The minimum absolute atomic E-state index is 0. The third-order valence-electron chi connectivity index (χ3n) is 2.01. The SMILES string of the molecule is Cl.FC(F)c1cnn2c1CNCC2. The van der Waals surface area contributed by atoms with E-state index >= 15 is 0 Å². The van der Waals surface area contributed by atoms with Crippen LogP contribution in [0.15, 0.2) is 6.20 Å². The van der Waals surface area contributed by atoms with Gasteiger partial charge in [-0.05, 0) is 0 Å². The first-order valence-electron chi connectivity index (χ1n) is 3.82. The van der Waals surface area contributed by atoms with Crippen LogP contribution in [0.1, 0.15) is 17.7 Å². The molecule has 6 heteroatoms. The van der Waals surface area contributed by atoms with Crippen molar-refractivity contribution in [1.29, 1.82) is 0 Å². The summed E-state index contributed by atoms with van der Waals surface area (Å²) in [6, 6.07) is 0. The number of fused-ring (bicyclic) bond motifs is 1. The second-order valence-corrected chi connectivity index (χ2v) is 2.75. The highest BCUT2D eigenvalue weighted by molar-refractivity contribution is 5.85. The van der Waals surface area contributed by atoms with Gasteiger partial charge in [-0.2, -0.15) is 5.10 Å². The molecular weight excluding hydrogens is 200 g/mol. The molecule has 2 heterocycles.